The van der Waals surface area contributed by atoms with Crippen molar-refractivity contribution in [3.63, 3.8) is 0 Å². The van der Waals surface area contributed by atoms with Crippen LogP contribution < -0.4 is 0 Å². The Morgan fingerprint density at radius 2 is 2.33 bits per heavy atom. The summed E-state index contributed by atoms with van der Waals surface area (Å²) in [5.41, 5.74) is 0. The molecule has 2 nitrogen and oxygen atoms in total. The second kappa shape index (κ2) is 2.39. The van der Waals surface area contributed by atoms with Gasteiger partial charge in [-0.1, -0.05) is 0 Å². The number of hydrogen-bond acceptors (Lipinski definition) is 1. The second-order valence-corrected chi connectivity index (χ2v) is 1.42. The summed E-state index contributed by atoms with van der Waals surface area (Å²) in [7, 11) is 0. The fourth-order valence-electron chi connectivity index (χ4n) is 0.157. The lowest BCUT2D eigenvalue weighted by molar-refractivity contribution is 0.425. The van der Waals surface area contributed by atoms with Crippen molar-refractivity contribution in [3.05, 3.63) is 0 Å². The van der Waals surface area contributed by atoms with E-state index in [4.69, 9.17) is 16.3 Å². The molecule has 1 aliphatic heterocycles. The molecule has 0 spiro atoms. The van der Waals surface area contributed by atoms with Gasteiger partial charge in [-0.3, -0.25) is 5.48 Å². The summed E-state index contributed by atoms with van der Waals surface area (Å²) in [4.78, 5) is 0. The van der Waals surface area contributed by atoms with Gasteiger partial charge < -0.3 is 4.74 Å². The highest BCUT2D eigenvalue weighted by molar-refractivity contribution is 6.18. The molecule has 1 N–H and O–H groups in total. The number of alkyl halides is 1. The highest BCUT2D eigenvalue weighted by Crippen LogP contribution is 2.08. The fourth-order valence-corrected chi connectivity index (χ4v) is 0.335. The monoisotopic (exact) mass is 109 g/mol. The summed E-state index contributed by atoms with van der Waals surface area (Å²) in [6.07, 6.45) is 0.400. The Kier molecular flexibility index (Phi) is 2.48. The Bertz CT molecular complexity index is 35.8. The Morgan fingerprint density at radius 3 is 2.33 bits per heavy atom. The summed E-state index contributed by atoms with van der Waals surface area (Å²) in [6, 6.07) is 0. The van der Waals surface area contributed by atoms with Crippen LogP contribution in [0.2, 0.25) is 0 Å². The molecule has 1 radical (unpaired) electrons. The number of ether oxygens (including phenoxy) is 1. The lowest BCUT2D eigenvalue weighted by Crippen LogP contribution is -1.80. The topological polar surface area (TPSA) is 42.5 Å². The zero-order valence-corrected chi connectivity index (χ0v) is 3.98. The van der Waals surface area contributed by atoms with Crippen LogP contribution in [0.5, 0.6) is 0 Å². The van der Waals surface area contributed by atoms with E-state index < -0.39 is 0 Å². The van der Waals surface area contributed by atoms with E-state index in [1.807, 2.05) is 0 Å². The maximum absolute atomic E-state index is 5.27. The van der Waals surface area contributed by atoms with E-state index in [0.29, 0.717) is 12.0 Å². The number of epoxide rings is 1. The number of halogens is 1. The zero-order valence-electron chi connectivity index (χ0n) is 3.22. The lowest BCUT2D eigenvalue weighted by atomic mass is 10.6. The van der Waals surface area contributed by atoms with Gasteiger partial charge in [-0.25, -0.2) is 0 Å². The Balaban J connectivity index is 0.000000250. The van der Waals surface area contributed by atoms with Gasteiger partial charge in [0.2, 0.25) is 0 Å². The summed E-state index contributed by atoms with van der Waals surface area (Å²) < 4.78 is 4.73. The molecular weight excluding hydrogens is 103 g/mol. The van der Waals surface area contributed by atoms with Crippen LogP contribution in [0, 0.1) is 0 Å². The predicted octanol–water partition coefficient (Wildman–Crippen LogP) is 0.447. The molecule has 0 aromatic heterocycles. The average molecular weight is 110 g/mol. The van der Waals surface area contributed by atoms with Crippen molar-refractivity contribution >= 4 is 11.6 Å². The summed E-state index contributed by atoms with van der Waals surface area (Å²) in [5.74, 6) is 0.667. The molecule has 0 aliphatic carbocycles. The van der Waals surface area contributed by atoms with Gasteiger partial charge in [0.25, 0.3) is 0 Å². The lowest BCUT2D eigenvalue weighted by Gasteiger charge is -1.67. The van der Waals surface area contributed by atoms with E-state index >= 15 is 0 Å². The van der Waals surface area contributed by atoms with Gasteiger partial charge in [0.1, 0.15) is 0 Å². The first kappa shape index (κ1) is 6.21. The molecular formula is C3H6ClO2. The van der Waals surface area contributed by atoms with Crippen LogP contribution in [0.1, 0.15) is 0 Å². The average Bonchev–Trinajstić information content (AvgIpc) is 2.12. The minimum atomic E-state index is 0. The molecule has 1 atom stereocenters. The Labute approximate surface area is 41.4 Å². The second-order valence-electron chi connectivity index (χ2n) is 1.11. The first-order valence-electron chi connectivity index (χ1n) is 1.61. The van der Waals surface area contributed by atoms with Gasteiger partial charge in [0, 0.05) is 0 Å². The summed E-state index contributed by atoms with van der Waals surface area (Å²) in [5, 5.41) is 0. The Hall–Kier alpha value is 0.210. The molecule has 37 valence electrons. The highest BCUT2D eigenvalue weighted by atomic mass is 35.5. The van der Waals surface area contributed by atoms with Crippen molar-refractivity contribution in [1.29, 1.82) is 0 Å². The third kappa shape index (κ3) is 1.60. The maximum atomic E-state index is 5.27. The predicted molar refractivity (Wildman–Crippen MR) is 22.4 cm³/mol. The first-order chi connectivity index (χ1) is 2.43. The van der Waals surface area contributed by atoms with Gasteiger partial charge in [-0.15, -0.1) is 11.6 Å². The molecule has 6 heavy (non-hydrogen) atoms. The maximum Gasteiger partial charge on any atom is 0.0944 e. The number of hydrogen-bond donors (Lipinski definition) is 1. The van der Waals surface area contributed by atoms with Crippen LogP contribution in [0.3, 0.4) is 0 Å². The van der Waals surface area contributed by atoms with Gasteiger partial charge in [-0.05, 0) is 0 Å². The molecule has 0 aromatic rings. The minimum Gasteiger partial charge on any atom is -0.372 e. The van der Waals surface area contributed by atoms with E-state index in [1.54, 1.807) is 0 Å². The van der Waals surface area contributed by atoms with Crippen LogP contribution in [-0.4, -0.2) is 24.1 Å². The smallest absolute Gasteiger partial charge is 0.0944 e. The highest BCUT2D eigenvalue weighted by Gasteiger charge is 2.19. The molecule has 0 saturated carbocycles. The largest absolute Gasteiger partial charge is 0.372 e. The van der Waals surface area contributed by atoms with E-state index in [1.165, 1.54) is 0 Å². The summed E-state index contributed by atoms with van der Waals surface area (Å²) >= 11 is 5.27. The van der Waals surface area contributed by atoms with Crippen LogP contribution >= 0.6 is 11.6 Å². The standard InChI is InChI=1S/C3H5ClO.HO/c4-1-3-2-5-3;/h3H,1-2H2;1H. The van der Waals surface area contributed by atoms with Gasteiger partial charge >= 0.3 is 0 Å². The van der Waals surface area contributed by atoms with Crippen molar-refractivity contribution in [3.8, 4) is 0 Å². The third-order valence-electron chi connectivity index (χ3n) is 0.574. The minimum absolute atomic E-state index is 0. The van der Waals surface area contributed by atoms with Crippen LogP contribution in [0.4, 0.5) is 0 Å². The van der Waals surface area contributed by atoms with Crippen LogP contribution in [0.25, 0.3) is 0 Å². The third-order valence-corrected chi connectivity index (χ3v) is 0.919. The molecule has 1 aliphatic rings. The Morgan fingerprint density at radius 1 is 1.83 bits per heavy atom. The molecule has 3 heteroatoms. The van der Waals surface area contributed by atoms with Gasteiger partial charge in [-0.2, -0.15) is 0 Å². The van der Waals surface area contributed by atoms with Crippen LogP contribution in [-0.2, 0) is 4.74 Å². The normalized spacial score (nSPS) is 28.5. The fraction of sp³-hybridized carbons (Fsp3) is 1.00. The SMILES string of the molecule is ClCC1CO1.[OH]. The molecule has 0 amide bonds. The van der Waals surface area contributed by atoms with Gasteiger partial charge in [0.05, 0.1) is 18.6 Å². The van der Waals surface area contributed by atoms with Crippen molar-refractivity contribution < 1.29 is 10.2 Å². The van der Waals surface area contributed by atoms with E-state index in [2.05, 4.69) is 0 Å². The van der Waals surface area contributed by atoms with Crippen molar-refractivity contribution in [2.75, 3.05) is 12.5 Å². The van der Waals surface area contributed by atoms with Crippen LogP contribution in [0.15, 0.2) is 0 Å². The van der Waals surface area contributed by atoms with Gasteiger partial charge in [0.15, 0.2) is 0 Å². The quantitative estimate of drug-likeness (QED) is 0.386. The molecule has 0 aromatic carbocycles. The molecule has 1 heterocycles. The molecule has 0 bridgehead atoms. The molecule has 1 fully saturated rings. The van der Waals surface area contributed by atoms with Crippen molar-refractivity contribution in [1.82, 2.24) is 0 Å². The van der Waals surface area contributed by atoms with E-state index in [-0.39, 0.29) is 5.48 Å². The number of rotatable bonds is 1. The molecule has 1 saturated heterocycles. The zero-order chi connectivity index (χ0) is 3.70. The first-order valence-corrected chi connectivity index (χ1v) is 2.14. The summed E-state index contributed by atoms with van der Waals surface area (Å²) in [6.45, 7) is 0.878. The molecule has 1 rings (SSSR count). The molecule has 1 unspecified atom stereocenters. The van der Waals surface area contributed by atoms with E-state index in [9.17, 15) is 0 Å². The van der Waals surface area contributed by atoms with E-state index in [0.717, 1.165) is 6.61 Å². The van der Waals surface area contributed by atoms with Crippen molar-refractivity contribution in [2.45, 2.75) is 6.10 Å². The van der Waals surface area contributed by atoms with Crippen molar-refractivity contribution in [2.24, 2.45) is 0 Å².